The standard InChI is InChI=1S/C75H84N6O11/c82-64-26-24-62(25-27-64)81(61-20-8-3-9-21-61)75(84)67-48-69(79-31-13-12-22-68(67)79)65-49-72-73(92-55-91-72)50-66(65)74(83)80-52-60-19-11-10-18-59(60)47-63(80)53-78-34-32-77(33-35-78)36-39-86-41-43-88-45-44-87-42-40-85-38-30-76-51-58-23-28-70(90-54-57-16-6-2-7-17-57)71(46-58)89-37-29-56-14-4-1-5-15-56/h1-11,14-21,23-28,46,48-50,63,76,82H,12-13,22,29-45,47,51-55H2/t63-/m0/s1. The van der Waals surface area contributed by atoms with Crippen molar-refractivity contribution in [3.8, 4) is 40.0 Å². The lowest BCUT2D eigenvalue weighted by Gasteiger charge is -2.42. The van der Waals surface area contributed by atoms with E-state index in [1.807, 2.05) is 91.0 Å². The Balaban J connectivity index is 0.569. The lowest BCUT2D eigenvalue weighted by atomic mass is 9.92. The Kier molecular flexibility index (Phi) is 22.2. The van der Waals surface area contributed by atoms with Crippen molar-refractivity contribution in [2.45, 2.75) is 64.4 Å². The number of phenolic OH excluding ortho intramolecular Hbond substituents is 1. The van der Waals surface area contributed by atoms with E-state index in [4.69, 9.17) is 37.9 Å². The smallest absolute Gasteiger partial charge is 0.264 e. The first-order valence-electron chi connectivity index (χ1n) is 32.5. The molecule has 8 aromatic rings. The van der Waals surface area contributed by atoms with E-state index in [9.17, 15) is 5.11 Å². The summed E-state index contributed by atoms with van der Waals surface area (Å²) in [6.45, 7) is 13.0. The van der Waals surface area contributed by atoms with Gasteiger partial charge < -0.3 is 57.8 Å². The van der Waals surface area contributed by atoms with Gasteiger partial charge in [-0.05, 0) is 120 Å². The molecule has 480 valence electrons. The molecule has 1 aromatic heterocycles. The van der Waals surface area contributed by atoms with Crippen LogP contribution in [0.1, 0.15) is 67.1 Å². The molecule has 0 aliphatic carbocycles. The van der Waals surface area contributed by atoms with Crippen LogP contribution in [0.2, 0.25) is 0 Å². The first-order valence-corrected chi connectivity index (χ1v) is 32.5. The largest absolute Gasteiger partial charge is 0.508 e. The van der Waals surface area contributed by atoms with E-state index < -0.39 is 0 Å². The summed E-state index contributed by atoms with van der Waals surface area (Å²) in [5, 5.41) is 13.7. The molecule has 92 heavy (non-hydrogen) atoms. The van der Waals surface area contributed by atoms with Crippen LogP contribution in [0.3, 0.4) is 0 Å². The SMILES string of the molecule is O=C(c1cc(-c2cc3c(cc2C(=O)N2Cc4ccccc4C[C@H]2CN2CCN(CCOCCOCCOCCOCCNCc4ccc(OCc5ccccc5)c(OCCc5ccccc5)c4)CC2)OCO3)n2c1CCCC2)N(c1ccccc1)c1ccc(O)cc1. The van der Waals surface area contributed by atoms with Gasteiger partial charge in [0.25, 0.3) is 11.8 Å². The van der Waals surface area contributed by atoms with Gasteiger partial charge in [0.1, 0.15) is 12.4 Å². The fourth-order valence-corrected chi connectivity index (χ4v) is 12.6. The van der Waals surface area contributed by atoms with Crippen LogP contribution < -0.4 is 29.2 Å². The Labute approximate surface area is 539 Å². The zero-order valence-electron chi connectivity index (χ0n) is 52.5. The molecule has 1 atom stereocenters. The number of benzene rings is 7. The summed E-state index contributed by atoms with van der Waals surface area (Å²) < 4.78 is 50.1. The third-order valence-corrected chi connectivity index (χ3v) is 17.5. The summed E-state index contributed by atoms with van der Waals surface area (Å²) in [5.74, 6) is 2.42. The van der Waals surface area contributed by atoms with Crippen molar-refractivity contribution in [2.75, 3.05) is 117 Å². The molecule has 12 rings (SSSR count). The highest BCUT2D eigenvalue weighted by Crippen LogP contribution is 2.43. The molecule has 5 heterocycles. The zero-order valence-corrected chi connectivity index (χ0v) is 52.5. The number of para-hydroxylation sites is 1. The van der Waals surface area contributed by atoms with Crippen molar-refractivity contribution in [1.82, 2.24) is 24.6 Å². The number of nitrogens with zero attached hydrogens (tertiary/aromatic N) is 5. The molecule has 17 heteroatoms. The number of aromatic hydroxyl groups is 1. The van der Waals surface area contributed by atoms with Gasteiger partial charge in [-0.1, -0.05) is 109 Å². The van der Waals surface area contributed by atoms with Gasteiger partial charge in [-0.15, -0.1) is 0 Å². The predicted molar refractivity (Wildman–Crippen MR) is 354 cm³/mol. The minimum absolute atomic E-state index is 0.0587. The van der Waals surface area contributed by atoms with Crippen LogP contribution >= 0.6 is 0 Å². The number of anilines is 2. The predicted octanol–water partition coefficient (Wildman–Crippen LogP) is 11.1. The monoisotopic (exact) mass is 1240 g/mol. The quantitative estimate of drug-likeness (QED) is 0.0396. The maximum Gasteiger partial charge on any atom is 0.264 e. The van der Waals surface area contributed by atoms with E-state index in [-0.39, 0.29) is 30.4 Å². The number of carbonyl (C=O) groups excluding carboxylic acids is 2. The number of piperazine rings is 1. The van der Waals surface area contributed by atoms with E-state index in [1.54, 1.807) is 29.2 Å². The molecule has 0 saturated carbocycles. The molecule has 2 amide bonds. The molecule has 1 fully saturated rings. The summed E-state index contributed by atoms with van der Waals surface area (Å²) in [7, 11) is 0. The lowest BCUT2D eigenvalue weighted by Crippen LogP contribution is -2.54. The number of hydrogen-bond acceptors (Lipinski definition) is 14. The maximum absolute atomic E-state index is 15.6. The van der Waals surface area contributed by atoms with Crippen LogP contribution in [0, 0.1) is 0 Å². The van der Waals surface area contributed by atoms with Gasteiger partial charge in [0, 0.05) is 106 Å². The van der Waals surface area contributed by atoms with Crippen molar-refractivity contribution in [3.63, 3.8) is 0 Å². The van der Waals surface area contributed by atoms with Crippen LogP contribution in [0.5, 0.6) is 28.7 Å². The Morgan fingerprint density at radius 3 is 1.95 bits per heavy atom. The second-order valence-corrected chi connectivity index (χ2v) is 23.7. The highest BCUT2D eigenvalue weighted by Gasteiger charge is 2.37. The molecule has 17 nitrogen and oxygen atoms in total. The fraction of sp³-hybridized carbons (Fsp3) is 0.360. The van der Waals surface area contributed by atoms with E-state index in [0.29, 0.717) is 138 Å². The Morgan fingerprint density at radius 1 is 0.565 bits per heavy atom. The van der Waals surface area contributed by atoms with Gasteiger partial charge in [0.2, 0.25) is 6.79 Å². The van der Waals surface area contributed by atoms with Gasteiger partial charge in [-0.25, -0.2) is 0 Å². The first-order chi connectivity index (χ1) is 45.4. The van der Waals surface area contributed by atoms with E-state index in [1.165, 1.54) is 11.1 Å². The molecule has 0 bridgehead atoms. The number of nitrogens with one attached hydrogen (secondary N) is 1. The Morgan fingerprint density at radius 2 is 1.21 bits per heavy atom. The van der Waals surface area contributed by atoms with Crippen LogP contribution in [0.4, 0.5) is 11.4 Å². The number of aromatic nitrogens is 1. The number of amides is 2. The summed E-state index contributed by atoms with van der Waals surface area (Å²) in [6.07, 6.45) is 4.14. The van der Waals surface area contributed by atoms with Gasteiger partial charge in [-0.2, -0.15) is 0 Å². The average Bonchev–Trinajstić information content (AvgIpc) is 1.55. The average molecular weight is 1250 g/mol. The fourth-order valence-electron chi connectivity index (χ4n) is 12.6. The van der Waals surface area contributed by atoms with Crippen LogP contribution in [0.15, 0.2) is 176 Å². The van der Waals surface area contributed by atoms with E-state index >= 15 is 9.59 Å². The minimum Gasteiger partial charge on any atom is -0.508 e. The van der Waals surface area contributed by atoms with Crippen LogP contribution in [-0.4, -0.2) is 154 Å². The van der Waals surface area contributed by atoms with Gasteiger partial charge in [0.15, 0.2) is 23.0 Å². The van der Waals surface area contributed by atoms with Crippen LogP contribution in [0.25, 0.3) is 11.3 Å². The maximum atomic E-state index is 15.6. The Bertz CT molecular complexity index is 3660. The molecule has 0 unspecified atom stereocenters. The molecule has 1 saturated heterocycles. The molecular formula is C75H84N6O11. The van der Waals surface area contributed by atoms with Gasteiger partial charge in [-0.3, -0.25) is 24.3 Å². The molecular weight excluding hydrogens is 1160 g/mol. The topological polar surface area (TPSA) is 158 Å². The number of hydrogen-bond donors (Lipinski definition) is 2. The highest BCUT2D eigenvalue weighted by molar-refractivity contribution is 6.13. The first kappa shape index (κ1) is 63.6. The van der Waals surface area contributed by atoms with E-state index in [0.717, 1.165) is 105 Å². The molecule has 7 aromatic carbocycles. The molecule has 0 spiro atoms. The van der Waals surface area contributed by atoms with Crippen molar-refractivity contribution in [1.29, 1.82) is 0 Å². The summed E-state index contributed by atoms with van der Waals surface area (Å²) >= 11 is 0. The third-order valence-electron chi connectivity index (χ3n) is 17.5. The van der Waals surface area contributed by atoms with Crippen LogP contribution in [-0.2, 0) is 64.5 Å². The number of carbonyl (C=O) groups is 2. The van der Waals surface area contributed by atoms with Crippen molar-refractivity contribution in [3.05, 3.63) is 221 Å². The van der Waals surface area contributed by atoms with Crippen molar-refractivity contribution in [2.24, 2.45) is 0 Å². The minimum atomic E-state index is -0.187. The van der Waals surface area contributed by atoms with E-state index in [2.05, 4.69) is 85.2 Å². The molecule has 0 radical (unpaired) electrons. The number of phenols is 1. The molecule has 4 aliphatic rings. The highest BCUT2D eigenvalue weighted by atomic mass is 16.7. The Hall–Kier alpha value is -8.52. The number of ether oxygens (including phenoxy) is 8. The van der Waals surface area contributed by atoms with Crippen molar-refractivity contribution >= 4 is 23.2 Å². The summed E-state index contributed by atoms with van der Waals surface area (Å²) in [5.41, 5.74) is 10.7. The number of fused-ring (bicyclic) bond motifs is 3. The van der Waals surface area contributed by atoms with Gasteiger partial charge >= 0.3 is 0 Å². The van der Waals surface area contributed by atoms with Gasteiger partial charge in [0.05, 0.1) is 70.6 Å². The summed E-state index contributed by atoms with van der Waals surface area (Å²) in [4.78, 5) is 39.4. The second kappa shape index (κ2) is 32.2. The zero-order chi connectivity index (χ0) is 62.7. The second-order valence-electron chi connectivity index (χ2n) is 23.7. The molecule has 4 aliphatic heterocycles. The van der Waals surface area contributed by atoms with Crippen molar-refractivity contribution < 1.29 is 52.6 Å². The molecule has 2 N–H and O–H groups in total. The summed E-state index contributed by atoms with van der Waals surface area (Å²) in [6, 6.07) is 57.0. The lowest BCUT2D eigenvalue weighted by molar-refractivity contribution is -0.00524. The number of rotatable bonds is 31. The normalized spacial score (nSPS) is 15.4. The third kappa shape index (κ3) is 16.6.